The summed E-state index contributed by atoms with van der Waals surface area (Å²) in [7, 11) is 1.68. The van der Waals surface area contributed by atoms with Crippen molar-refractivity contribution in [2.75, 3.05) is 4.90 Å². The number of carbonyl (C=O) groups is 2. The summed E-state index contributed by atoms with van der Waals surface area (Å²) in [4.78, 5) is 39.3. The number of aryl methyl sites for hydroxylation is 1. The van der Waals surface area contributed by atoms with E-state index >= 15 is 0 Å². The summed E-state index contributed by atoms with van der Waals surface area (Å²) in [6, 6.07) is 17.3. The van der Waals surface area contributed by atoms with Crippen molar-refractivity contribution in [3.8, 4) is 5.69 Å². The number of carbonyl (C=O) groups excluding carboxylic acids is 2. The van der Waals surface area contributed by atoms with E-state index in [1.54, 1.807) is 35.1 Å². The molecule has 6 rings (SSSR count). The standard InChI is InChI=1S/C27H24FN5O3/c1-31-16-20(8-10-23(31)34)33-22-9-7-19(13-18(22)15-29-33)32-24(35)14-21(30-26(36)27(28)11-12-27)25(32)17-5-3-2-4-6-17/h2-10,13,15-16,21,25H,11-12,14H2,1H3,(H,30,36)/t21-,25+/m0/s1. The third-order valence-electron chi connectivity index (χ3n) is 7.02. The normalized spacial score (nSPS) is 20.6. The minimum atomic E-state index is -1.81. The molecule has 2 amide bonds. The Bertz CT molecular complexity index is 1560. The minimum Gasteiger partial charge on any atom is -0.348 e. The van der Waals surface area contributed by atoms with Crippen molar-refractivity contribution >= 4 is 28.4 Å². The molecule has 2 aromatic carbocycles. The van der Waals surface area contributed by atoms with Crippen molar-refractivity contribution in [2.24, 2.45) is 7.05 Å². The number of alkyl halides is 1. The van der Waals surface area contributed by atoms with Gasteiger partial charge in [0.2, 0.25) is 11.5 Å². The van der Waals surface area contributed by atoms with E-state index in [1.165, 1.54) is 10.6 Å². The molecule has 1 saturated carbocycles. The first-order chi connectivity index (χ1) is 17.3. The van der Waals surface area contributed by atoms with Gasteiger partial charge in [-0.3, -0.25) is 14.4 Å². The van der Waals surface area contributed by atoms with E-state index in [9.17, 15) is 18.8 Å². The topological polar surface area (TPSA) is 89.2 Å². The number of rotatable bonds is 5. The minimum absolute atomic E-state index is 0.0801. The van der Waals surface area contributed by atoms with Crippen molar-refractivity contribution in [3.63, 3.8) is 0 Å². The number of pyridine rings is 1. The highest BCUT2D eigenvalue weighted by molar-refractivity contribution is 6.00. The molecule has 9 heteroatoms. The number of hydrogen-bond donors (Lipinski definition) is 1. The maximum Gasteiger partial charge on any atom is 0.257 e. The molecule has 2 aromatic heterocycles. The van der Waals surface area contributed by atoms with Crippen LogP contribution in [0.15, 0.2) is 77.9 Å². The number of halogens is 1. The summed E-state index contributed by atoms with van der Waals surface area (Å²) < 4.78 is 17.6. The van der Waals surface area contributed by atoms with E-state index in [0.717, 1.165) is 22.2 Å². The number of fused-ring (bicyclic) bond motifs is 1. The highest BCUT2D eigenvalue weighted by atomic mass is 19.1. The van der Waals surface area contributed by atoms with Gasteiger partial charge in [-0.25, -0.2) is 9.07 Å². The molecule has 2 atom stereocenters. The Hall–Kier alpha value is -4.27. The van der Waals surface area contributed by atoms with Gasteiger partial charge in [-0.2, -0.15) is 5.10 Å². The number of hydrogen-bond acceptors (Lipinski definition) is 4. The van der Waals surface area contributed by atoms with Gasteiger partial charge < -0.3 is 14.8 Å². The van der Waals surface area contributed by atoms with Crippen LogP contribution in [-0.2, 0) is 16.6 Å². The second kappa shape index (κ2) is 8.15. The zero-order valence-electron chi connectivity index (χ0n) is 19.6. The van der Waals surface area contributed by atoms with E-state index in [0.29, 0.717) is 5.69 Å². The second-order valence-electron chi connectivity index (χ2n) is 9.50. The molecule has 4 aromatic rings. The van der Waals surface area contributed by atoms with Gasteiger partial charge in [-0.1, -0.05) is 30.3 Å². The molecule has 0 radical (unpaired) electrons. The fraction of sp³-hybridized carbons (Fsp3) is 0.259. The molecule has 8 nitrogen and oxygen atoms in total. The Kier molecular flexibility index (Phi) is 5.03. The van der Waals surface area contributed by atoms with Crippen LogP contribution >= 0.6 is 0 Å². The molecular formula is C27H24FN5O3. The van der Waals surface area contributed by atoms with E-state index < -0.39 is 23.7 Å². The molecule has 2 fully saturated rings. The zero-order valence-corrected chi connectivity index (χ0v) is 19.6. The van der Waals surface area contributed by atoms with E-state index in [1.807, 2.05) is 48.5 Å². The van der Waals surface area contributed by atoms with Gasteiger partial charge in [0.15, 0.2) is 5.67 Å². The average molecular weight is 486 g/mol. The van der Waals surface area contributed by atoms with Crippen LogP contribution in [-0.4, -0.2) is 37.9 Å². The first-order valence-electron chi connectivity index (χ1n) is 11.9. The number of amides is 2. The Balaban J connectivity index is 1.38. The molecular weight excluding hydrogens is 461 g/mol. The smallest absolute Gasteiger partial charge is 0.257 e. The number of nitrogens with zero attached hydrogens (tertiary/aromatic N) is 4. The third-order valence-corrected chi connectivity index (χ3v) is 7.02. The van der Waals surface area contributed by atoms with E-state index in [-0.39, 0.29) is 30.7 Å². The summed E-state index contributed by atoms with van der Waals surface area (Å²) in [6.07, 6.45) is 3.94. The second-order valence-corrected chi connectivity index (χ2v) is 9.50. The van der Waals surface area contributed by atoms with Crippen LogP contribution in [0.25, 0.3) is 16.6 Å². The highest BCUT2D eigenvalue weighted by Gasteiger charge is 2.53. The summed E-state index contributed by atoms with van der Waals surface area (Å²) in [5.41, 5.74) is 1.16. The van der Waals surface area contributed by atoms with E-state index in [2.05, 4.69) is 10.4 Å². The van der Waals surface area contributed by atoms with Gasteiger partial charge in [0.25, 0.3) is 5.91 Å². The maximum atomic E-state index is 14.4. The lowest BCUT2D eigenvalue weighted by atomic mass is 9.99. The molecule has 0 spiro atoms. The number of anilines is 1. The number of benzene rings is 2. The van der Waals surface area contributed by atoms with Gasteiger partial charge in [-0.05, 0) is 42.7 Å². The Morgan fingerprint density at radius 2 is 1.81 bits per heavy atom. The Labute approximate surface area is 205 Å². The lowest BCUT2D eigenvalue weighted by Gasteiger charge is -2.29. The monoisotopic (exact) mass is 485 g/mol. The van der Waals surface area contributed by atoms with Gasteiger partial charge >= 0.3 is 0 Å². The van der Waals surface area contributed by atoms with E-state index in [4.69, 9.17) is 0 Å². The molecule has 1 N–H and O–H groups in total. The molecule has 1 aliphatic heterocycles. The molecule has 0 unspecified atom stereocenters. The van der Waals surface area contributed by atoms with Crippen molar-refractivity contribution in [1.29, 1.82) is 0 Å². The fourth-order valence-corrected chi connectivity index (χ4v) is 4.91. The third kappa shape index (κ3) is 3.67. The summed E-state index contributed by atoms with van der Waals surface area (Å²) >= 11 is 0. The predicted molar refractivity (Wildman–Crippen MR) is 133 cm³/mol. The van der Waals surface area contributed by atoms with Gasteiger partial charge in [-0.15, -0.1) is 0 Å². The van der Waals surface area contributed by atoms with Crippen LogP contribution in [0.2, 0.25) is 0 Å². The van der Waals surface area contributed by atoms with Crippen molar-refractivity contribution in [3.05, 3.63) is 89.0 Å². The molecule has 36 heavy (non-hydrogen) atoms. The van der Waals surface area contributed by atoms with Crippen LogP contribution in [0.4, 0.5) is 10.1 Å². The highest BCUT2D eigenvalue weighted by Crippen LogP contribution is 2.42. The molecule has 1 saturated heterocycles. The van der Waals surface area contributed by atoms with Crippen molar-refractivity contribution in [2.45, 2.75) is 37.0 Å². The van der Waals surface area contributed by atoms with Gasteiger partial charge in [0.1, 0.15) is 0 Å². The Morgan fingerprint density at radius 3 is 2.53 bits per heavy atom. The average Bonchev–Trinajstić information content (AvgIpc) is 3.36. The predicted octanol–water partition coefficient (Wildman–Crippen LogP) is 3.19. The first-order valence-corrected chi connectivity index (χ1v) is 11.9. The molecule has 2 aliphatic rings. The first kappa shape index (κ1) is 22.2. The van der Waals surface area contributed by atoms with Crippen LogP contribution in [0.3, 0.4) is 0 Å². The Morgan fingerprint density at radius 1 is 1.06 bits per heavy atom. The summed E-state index contributed by atoms with van der Waals surface area (Å²) in [6.45, 7) is 0. The largest absolute Gasteiger partial charge is 0.348 e. The maximum absolute atomic E-state index is 14.4. The molecule has 0 bridgehead atoms. The number of aromatic nitrogens is 3. The summed E-state index contributed by atoms with van der Waals surface area (Å²) in [5, 5.41) is 8.11. The number of nitrogens with one attached hydrogen (secondary N) is 1. The quantitative estimate of drug-likeness (QED) is 0.470. The van der Waals surface area contributed by atoms with Crippen LogP contribution in [0.1, 0.15) is 30.9 Å². The lowest BCUT2D eigenvalue weighted by Crippen LogP contribution is -2.44. The molecule has 1 aliphatic carbocycles. The summed E-state index contributed by atoms with van der Waals surface area (Å²) in [5.74, 6) is -0.792. The molecule has 3 heterocycles. The van der Waals surface area contributed by atoms with Crippen LogP contribution in [0, 0.1) is 0 Å². The SMILES string of the molecule is Cn1cc(-n2ncc3cc(N4C(=O)C[C@H](NC(=O)C5(F)CC5)[C@H]4c4ccccc4)ccc32)ccc1=O. The van der Waals surface area contributed by atoms with Crippen molar-refractivity contribution in [1.82, 2.24) is 19.7 Å². The van der Waals surface area contributed by atoms with Gasteiger partial charge in [0.05, 0.1) is 29.5 Å². The van der Waals surface area contributed by atoms with Gasteiger partial charge in [0, 0.05) is 36.8 Å². The fourth-order valence-electron chi connectivity index (χ4n) is 4.91. The van der Waals surface area contributed by atoms with Crippen LogP contribution < -0.4 is 15.8 Å². The zero-order chi connectivity index (χ0) is 25.0. The molecule has 182 valence electrons. The van der Waals surface area contributed by atoms with Crippen molar-refractivity contribution < 1.29 is 14.0 Å². The lowest BCUT2D eigenvalue weighted by molar-refractivity contribution is -0.128. The van der Waals surface area contributed by atoms with Crippen LogP contribution in [0.5, 0.6) is 0 Å².